The first-order chi connectivity index (χ1) is 10.5. The van der Waals surface area contributed by atoms with Gasteiger partial charge in [0.15, 0.2) is 5.78 Å². The average molecular weight is 303 g/mol. The van der Waals surface area contributed by atoms with Gasteiger partial charge in [0, 0.05) is 5.56 Å². The number of fused-ring (bicyclic) bond motifs is 2. The lowest BCUT2D eigenvalue weighted by molar-refractivity contribution is -0.147. The van der Waals surface area contributed by atoms with Gasteiger partial charge in [-0.3, -0.25) is 14.4 Å². The van der Waals surface area contributed by atoms with Gasteiger partial charge in [0.2, 0.25) is 5.91 Å². The fraction of sp³-hybridized carbons (Fsp3) is 0.438. The van der Waals surface area contributed by atoms with Crippen LogP contribution in [0.1, 0.15) is 30.1 Å². The SMILES string of the molecule is CC(=O)c1ccccc1NC(=O)[C@H]1[C@@H](C(=O)O)[C@H]2CC[C@H]1O2. The fourth-order valence-corrected chi connectivity index (χ4v) is 3.44. The molecule has 0 unspecified atom stereocenters. The number of ether oxygens (including phenoxy) is 1. The predicted molar refractivity (Wildman–Crippen MR) is 77.6 cm³/mol. The van der Waals surface area contributed by atoms with Crippen molar-refractivity contribution in [3.05, 3.63) is 29.8 Å². The predicted octanol–water partition coefficient (Wildman–Crippen LogP) is 1.71. The Labute approximate surface area is 127 Å². The summed E-state index contributed by atoms with van der Waals surface area (Å²) in [6, 6.07) is 6.70. The molecule has 1 aromatic rings. The third kappa shape index (κ3) is 2.39. The molecule has 2 heterocycles. The van der Waals surface area contributed by atoms with Crippen LogP contribution in [0, 0.1) is 11.8 Å². The summed E-state index contributed by atoms with van der Waals surface area (Å²) in [5.74, 6) is -3.09. The Morgan fingerprint density at radius 2 is 1.77 bits per heavy atom. The maximum absolute atomic E-state index is 12.5. The number of rotatable bonds is 4. The number of aliphatic carboxylic acids is 1. The maximum atomic E-state index is 12.5. The molecule has 0 saturated carbocycles. The Balaban J connectivity index is 1.83. The molecule has 2 saturated heterocycles. The average Bonchev–Trinajstić information content (AvgIpc) is 3.08. The Hall–Kier alpha value is -2.21. The molecule has 6 heteroatoms. The van der Waals surface area contributed by atoms with E-state index in [1.165, 1.54) is 6.92 Å². The van der Waals surface area contributed by atoms with Crippen molar-refractivity contribution in [1.82, 2.24) is 0 Å². The number of hydrogen-bond donors (Lipinski definition) is 2. The molecule has 2 fully saturated rings. The number of nitrogens with one attached hydrogen (secondary N) is 1. The van der Waals surface area contributed by atoms with Crippen molar-refractivity contribution in [2.24, 2.45) is 11.8 Å². The van der Waals surface area contributed by atoms with E-state index in [-0.39, 0.29) is 18.0 Å². The van der Waals surface area contributed by atoms with Crippen molar-refractivity contribution >= 4 is 23.3 Å². The van der Waals surface area contributed by atoms with Crippen LogP contribution in [0.4, 0.5) is 5.69 Å². The third-order valence-electron chi connectivity index (χ3n) is 4.43. The standard InChI is InChI=1S/C16H17NO5/c1-8(18)9-4-2-3-5-10(9)17-15(19)13-11-6-7-12(22-11)14(13)16(20)21/h2-5,11-14H,6-7H2,1H3,(H,17,19)(H,20,21)/t11-,12-,13-,14+/m1/s1. The Morgan fingerprint density at radius 3 is 2.41 bits per heavy atom. The zero-order valence-electron chi connectivity index (χ0n) is 12.1. The lowest BCUT2D eigenvalue weighted by atomic mass is 9.78. The van der Waals surface area contributed by atoms with Gasteiger partial charge in [-0.15, -0.1) is 0 Å². The lowest BCUT2D eigenvalue weighted by Gasteiger charge is -2.24. The Morgan fingerprint density at radius 1 is 1.14 bits per heavy atom. The van der Waals surface area contributed by atoms with E-state index in [2.05, 4.69) is 5.32 Å². The highest BCUT2D eigenvalue weighted by Crippen LogP contribution is 2.44. The van der Waals surface area contributed by atoms with Crippen LogP contribution in [0.3, 0.4) is 0 Å². The zero-order chi connectivity index (χ0) is 15.9. The number of amides is 1. The van der Waals surface area contributed by atoms with E-state index in [9.17, 15) is 19.5 Å². The van der Waals surface area contributed by atoms with Crippen LogP contribution in [0.5, 0.6) is 0 Å². The van der Waals surface area contributed by atoms with E-state index >= 15 is 0 Å². The molecule has 2 aliphatic rings. The quantitative estimate of drug-likeness (QED) is 0.826. The molecule has 3 rings (SSSR count). The van der Waals surface area contributed by atoms with E-state index in [0.717, 1.165) is 0 Å². The monoisotopic (exact) mass is 303 g/mol. The molecule has 2 bridgehead atoms. The highest BCUT2D eigenvalue weighted by atomic mass is 16.5. The fourth-order valence-electron chi connectivity index (χ4n) is 3.44. The first-order valence-corrected chi connectivity index (χ1v) is 7.28. The number of carbonyl (C=O) groups excluding carboxylic acids is 2. The molecule has 1 amide bonds. The topological polar surface area (TPSA) is 92.7 Å². The van der Waals surface area contributed by atoms with E-state index in [1.807, 2.05) is 0 Å². The maximum Gasteiger partial charge on any atom is 0.310 e. The number of benzene rings is 1. The summed E-state index contributed by atoms with van der Waals surface area (Å²) in [5, 5.41) is 12.0. The molecule has 1 aromatic carbocycles. The molecular formula is C16H17NO5. The van der Waals surface area contributed by atoms with Gasteiger partial charge in [-0.05, 0) is 31.9 Å². The molecule has 2 N–H and O–H groups in total. The highest BCUT2D eigenvalue weighted by Gasteiger charge is 2.55. The van der Waals surface area contributed by atoms with Crippen molar-refractivity contribution in [1.29, 1.82) is 0 Å². The Bertz CT molecular complexity index is 641. The van der Waals surface area contributed by atoms with Crippen LogP contribution in [0.2, 0.25) is 0 Å². The number of hydrogen-bond acceptors (Lipinski definition) is 4. The number of carbonyl (C=O) groups is 3. The number of Topliss-reactive ketones (excluding diaryl/α,β-unsaturated/α-hetero) is 1. The second-order valence-corrected chi connectivity index (χ2v) is 5.77. The van der Waals surface area contributed by atoms with Crippen LogP contribution < -0.4 is 5.32 Å². The van der Waals surface area contributed by atoms with E-state index in [1.54, 1.807) is 24.3 Å². The highest BCUT2D eigenvalue weighted by molar-refractivity contribution is 6.05. The van der Waals surface area contributed by atoms with Gasteiger partial charge in [-0.2, -0.15) is 0 Å². The van der Waals surface area contributed by atoms with Crippen molar-refractivity contribution < 1.29 is 24.2 Å². The second kappa shape index (κ2) is 5.53. The molecule has 4 atom stereocenters. The summed E-state index contributed by atoms with van der Waals surface area (Å²) < 4.78 is 5.59. The van der Waals surface area contributed by atoms with Crippen molar-refractivity contribution in [3.8, 4) is 0 Å². The van der Waals surface area contributed by atoms with Gasteiger partial charge in [0.05, 0.1) is 29.7 Å². The summed E-state index contributed by atoms with van der Waals surface area (Å²) in [6.07, 6.45) is 0.632. The van der Waals surface area contributed by atoms with Crippen molar-refractivity contribution in [3.63, 3.8) is 0 Å². The number of carboxylic acid groups (broad SMARTS) is 1. The smallest absolute Gasteiger partial charge is 0.310 e. The molecule has 0 aliphatic carbocycles. The van der Waals surface area contributed by atoms with Crippen LogP contribution in [0.25, 0.3) is 0 Å². The largest absolute Gasteiger partial charge is 0.481 e. The first-order valence-electron chi connectivity index (χ1n) is 7.28. The molecule has 0 aromatic heterocycles. The van der Waals surface area contributed by atoms with Gasteiger partial charge in [0.25, 0.3) is 0 Å². The first kappa shape index (κ1) is 14.7. The van der Waals surface area contributed by atoms with Crippen LogP contribution in [0.15, 0.2) is 24.3 Å². The summed E-state index contributed by atoms with van der Waals surface area (Å²) in [4.78, 5) is 35.5. The summed E-state index contributed by atoms with van der Waals surface area (Å²) in [5.41, 5.74) is 0.818. The third-order valence-corrected chi connectivity index (χ3v) is 4.43. The number of para-hydroxylation sites is 1. The molecule has 6 nitrogen and oxygen atoms in total. The molecule has 2 aliphatic heterocycles. The van der Waals surface area contributed by atoms with Crippen LogP contribution in [-0.2, 0) is 14.3 Å². The van der Waals surface area contributed by atoms with E-state index in [0.29, 0.717) is 24.1 Å². The molecule has 0 spiro atoms. The summed E-state index contributed by atoms with van der Waals surface area (Å²) in [7, 11) is 0. The second-order valence-electron chi connectivity index (χ2n) is 5.77. The van der Waals surface area contributed by atoms with Gasteiger partial charge < -0.3 is 15.2 Å². The summed E-state index contributed by atoms with van der Waals surface area (Å²) >= 11 is 0. The van der Waals surface area contributed by atoms with Gasteiger partial charge in [-0.25, -0.2) is 0 Å². The van der Waals surface area contributed by atoms with Gasteiger partial charge in [0.1, 0.15) is 0 Å². The number of ketones is 1. The van der Waals surface area contributed by atoms with Crippen LogP contribution in [-0.4, -0.2) is 35.0 Å². The zero-order valence-corrected chi connectivity index (χ0v) is 12.1. The van der Waals surface area contributed by atoms with E-state index in [4.69, 9.17) is 4.74 Å². The molecular weight excluding hydrogens is 286 g/mol. The number of carboxylic acids is 1. The van der Waals surface area contributed by atoms with Crippen molar-refractivity contribution in [2.45, 2.75) is 32.0 Å². The minimum absolute atomic E-state index is 0.158. The summed E-state index contributed by atoms with van der Waals surface area (Å²) in [6.45, 7) is 1.42. The normalized spacial score (nSPS) is 29.3. The minimum atomic E-state index is -1.01. The van der Waals surface area contributed by atoms with Crippen molar-refractivity contribution in [2.75, 3.05) is 5.32 Å². The molecule has 22 heavy (non-hydrogen) atoms. The van der Waals surface area contributed by atoms with Gasteiger partial charge in [-0.1, -0.05) is 12.1 Å². The minimum Gasteiger partial charge on any atom is -0.481 e. The lowest BCUT2D eigenvalue weighted by Crippen LogP contribution is -2.41. The van der Waals surface area contributed by atoms with Crippen LogP contribution >= 0.6 is 0 Å². The Kier molecular flexibility index (Phi) is 3.70. The van der Waals surface area contributed by atoms with Gasteiger partial charge >= 0.3 is 5.97 Å². The molecule has 116 valence electrons. The number of anilines is 1. The molecule has 0 radical (unpaired) electrons. The van der Waals surface area contributed by atoms with E-state index < -0.39 is 23.7 Å².